The molecule has 2 nitrogen and oxygen atoms in total. The van der Waals surface area contributed by atoms with E-state index in [1.54, 1.807) is 0 Å². The van der Waals surface area contributed by atoms with Crippen LogP contribution in [0.25, 0.3) is 0 Å². The summed E-state index contributed by atoms with van der Waals surface area (Å²) in [5.41, 5.74) is 1.32. The Morgan fingerprint density at radius 2 is 1.88 bits per heavy atom. The Morgan fingerprint density at radius 3 is 2.44 bits per heavy atom. The van der Waals surface area contributed by atoms with E-state index >= 15 is 0 Å². The van der Waals surface area contributed by atoms with Crippen LogP contribution in [0.1, 0.15) is 19.4 Å². The van der Waals surface area contributed by atoms with E-state index in [4.69, 9.17) is 11.6 Å². The van der Waals surface area contributed by atoms with Gasteiger partial charge in [-0.3, -0.25) is 4.90 Å². The van der Waals surface area contributed by atoms with Crippen molar-refractivity contribution in [1.82, 2.24) is 10.2 Å². The fourth-order valence-electron chi connectivity index (χ4n) is 1.61. The Bertz CT molecular complexity index is 284. The Hall–Kier alpha value is -0.570. The van der Waals surface area contributed by atoms with Gasteiger partial charge in [0.25, 0.3) is 0 Å². The third kappa shape index (κ3) is 4.97. The molecule has 0 saturated heterocycles. The smallest absolute Gasteiger partial charge is 0.0406 e. The quantitative estimate of drug-likeness (QED) is 0.738. The minimum atomic E-state index is 0.805. The predicted octanol–water partition coefficient (Wildman–Crippen LogP) is 2.77. The highest BCUT2D eigenvalue weighted by molar-refractivity contribution is 6.30. The summed E-state index contributed by atoms with van der Waals surface area (Å²) >= 11 is 5.86. The lowest BCUT2D eigenvalue weighted by Gasteiger charge is -2.20. The lowest BCUT2D eigenvalue weighted by molar-refractivity contribution is 0.280. The molecule has 1 aromatic rings. The summed E-state index contributed by atoms with van der Waals surface area (Å²) in [7, 11) is 0. The molecule has 0 heterocycles. The van der Waals surface area contributed by atoms with Crippen LogP contribution in [0, 0.1) is 0 Å². The van der Waals surface area contributed by atoms with Crippen LogP contribution in [0.15, 0.2) is 24.3 Å². The molecule has 0 amide bonds. The van der Waals surface area contributed by atoms with Crippen LogP contribution in [-0.2, 0) is 6.54 Å². The standard InChI is InChI=1S/C13H21ClN2/c1-3-15-9-10-16(4-2)11-12-5-7-13(14)8-6-12/h5-8,15H,3-4,9-11H2,1-2H3. The number of nitrogens with zero attached hydrogens (tertiary/aromatic N) is 1. The van der Waals surface area contributed by atoms with Gasteiger partial charge in [0, 0.05) is 24.7 Å². The zero-order valence-corrected chi connectivity index (χ0v) is 10.9. The van der Waals surface area contributed by atoms with Crippen molar-refractivity contribution in [1.29, 1.82) is 0 Å². The summed E-state index contributed by atoms with van der Waals surface area (Å²) < 4.78 is 0. The first-order valence-electron chi connectivity index (χ1n) is 5.93. The van der Waals surface area contributed by atoms with Crippen molar-refractivity contribution in [3.05, 3.63) is 34.9 Å². The molecule has 0 radical (unpaired) electrons. The second kappa shape index (κ2) is 7.66. The molecule has 1 N–H and O–H groups in total. The fourth-order valence-corrected chi connectivity index (χ4v) is 1.74. The second-order valence-electron chi connectivity index (χ2n) is 3.85. The van der Waals surface area contributed by atoms with Gasteiger partial charge in [-0.05, 0) is 30.8 Å². The molecule has 1 rings (SSSR count). The van der Waals surface area contributed by atoms with Gasteiger partial charge in [0.15, 0.2) is 0 Å². The first-order valence-corrected chi connectivity index (χ1v) is 6.31. The van der Waals surface area contributed by atoms with E-state index in [9.17, 15) is 0 Å². The third-order valence-electron chi connectivity index (χ3n) is 2.62. The second-order valence-corrected chi connectivity index (χ2v) is 4.29. The molecule has 0 aliphatic heterocycles. The molecule has 0 aromatic heterocycles. The van der Waals surface area contributed by atoms with E-state index in [-0.39, 0.29) is 0 Å². The van der Waals surface area contributed by atoms with Gasteiger partial charge in [0.2, 0.25) is 0 Å². The molecule has 0 bridgehead atoms. The third-order valence-corrected chi connectivity index (χ3v) is 2.87. The maximum absolute atomic E-state index is 5.86. The maximum Gasteiger partial charge on any atom is 0.0406 e. The lowest BCUT2D eigenvalue weighted by atomic mass is 10.2. The molecular formula is C13H21ClN2. The van der Waals surface area contributed by atoms with Gasteiger partial charge in [0.1, 0.15) is 0 Å². The highest BCUT2D eigenvalue weighted by Crippen LogP contribution is 2.11. The fraction of sp³-hybridized carbons (Fsp3) is 0.538. The van der Waals surface area contributed by atoms with Crippen molar-refractivity contribution in [2.75, 3.05) is 26.2 Å². The first-order chi connectivity index (χ1) is 7.76. The Morgan fingerprint density at radius 1 is 1.19 bits per heavy atom. The topological polar surface area (TPSA) is 15.3 Å². The van der Waals surface area contributed by atoms with Crippen molar-refractivity contribution >= 4 is 11.6 Å². The van der Waals surface area contributed by atoms with Gasteiger partial charge in [-0.2, -0.15) is 0 Å². The number of nitrogens with one attached hydrogen (secondary N) is 1. The van der Waals surface area contributed by atoms with Gasteiger partial charge < -0.3 is 5.32 Å². The maximum atomic E-state index is 5.86. The molecule has 0 atom stereocenters. The zero-order valence-electron chi connectivity index (χ0n) is 10.2. The number of halogens is 1. The highest BCUT2D eigenvalue weighted by Gasteiger charge is 2.02. The first kappa shape index (κ1) is 13.5. The number of hydrogen-bond acceptors (Lipinski definition) is 2. The normalized spacial score (nSPS) is 11.0. The van der Waals surface area contributed by atoms with E-state index in [0.29, 0.717) is 0 Å². The van der Waals surface area contributed by atoms with Crippen LogP contribution in [-0.4, -0.2) is 31.1 Å². The molecule has 0 aliphatic rings. The molecule has 1 aromatic carbocycles. The van der Waals surface area contributed by atoms with Gasteiger partial charge in [0.05, 0.1) is 0 Å². The van der Waals surface area contributed by atoms with Crippen LogP contribution in [0.3, 0.4) is 0 Å². The highest BCUT2D eigenvalue weighted by atomic mass is 35.5. The molecule has 0 spiro atoms. The number of likely N-dealkylation sites (N-methyl/N-ethyl adjacent to an activating group) is 2. The van der Waals surface area contributed by atoms with Crippen LogP contribution >= 0.6 is 11.6 Å². The average molecular weight is 241 g/mol. The summed E-state index contributed by atoms with van der Waals surface area (Å²) in [5, 5.41) is 4.15. The molecule has 0 fully saturated rings. The zero-order chi connectivity index (χ0) is 11.8. The molecular weight excluding hydrogens is 220 g/mol. The molecule has 0 saturated carbocycles. The molecule has 3 heteroatoms. The van der Waals surface area contributed by atoms with Crippen molar-refractivity contribution in [3.63, 3.8) is 0 Å². The van der Waals surface area contributed by atoms with Crippen LogP contribution < -0.4 is 5.32 Å². The Kier molecular flexibility index (Phi) is 6.46. The van der Waals surface area contributed by atoms with E-state index < -0.39 is 0 Å². The molecule has 90 valence electrons. The van der Waals surface area contributed by atoms with Crippen LogP contribution in [0.4, 0.5) is 0 Å². The summed E-state index contributed by atoms with van der Waals surface area (Å²) in [4.78, 5) is 2.42. The number of hydrogen-bond donors (Lipinski definition) is 1. The Balaban J connectivity index is 2.40. The van der Waals surface area contributed by atoms with Gasteiger partial charge >= 0.3 is 0 Å². The summed E-state index contributed by atoms with van der Waals surface area (Å²) in [6.07, 6.45) is 0. The van der Waals surface area contributed by atoms with E-state index in [0.717, 1.165) is 37.7 Å². The minimum absolute atomic E-state index is 0.805. The van der Waals surface area contributed by atoms with Gasteiger partial charge in [-0.15, -0.1) is 0 Å². The lowest BCUT2D eigenvalue weighted by Crippen LogP contribution is -2.31. The number of rotatable bonds is 7. The van der Waals surface area contributed by atoms with Crippen molar-refractivity contribution in [2.45, 2.75) is 20.4 Å². The monoisotopic (exact) mass is 240 g/mol. The summed E-state index contributed by atoms with van der Waals surface area (Å²) in [5.74, 6) is 0. The van der Waals surface area contributed by atoms with Gasteiger partial charge in [-0.1, -0.05) is 37.6 Å². The van der Waals surface area contributed by atoms with Crippen molar-refractivity contribution < 1.29 is 0 Å². The molecule has 0 aliphatic carbocycles. The number of benzene rings is 1. The molecule has 16 heavy (non-hydrogen) atoms. The summed E-state index contributed by atoms with van der Waals surface area (Å²) in [6.45, 7) is 9.59. The average Bonchev–Trinajstić information content (AvgIpc) is 2.31. The Labute approximate surface area is 104 Å². The van der Waals surface area contributed by atoms with Crippen LogP contribution in [0.5, 0.6) is 0 Å². The van der Waals surface area contributed by atoms with E-state index in [1.165, 1.54) is 5.56 Å². The minimum Gasteiger partial charge on any atom is -0.316 e. The summed E-state index contributed by atoms with van der Waals surface area (Å²) in [6, 6.07) is 8.10. The van der Waals surface area contributed by atoms with E-state index in [1.807, 2.05) is 12.1 Å². The van der Waals surface area contributed by atoms with Crippen molar-refractivity contribution in [2.24, 2.45) is 0 Å². The van der Waals surface area contributed by atoms with E-state index in [2.05, 4.69) is 36.2 Å². The predicted molar refractivity (Wildman–Crippen MR) is 70.9 cm³/mol. The largest absolute Gasteiger partial charge is 0.316 e. The van der Waals surface area contributed by atoms with Crippen LogP contribution in [0.2, 0.25) is 5.02 Å². The van der Waals surface area contributed by atoms with Crippen molar-refractivity contribution in [3.8, 4) is 0 Å². The molecule has 0 unspecified atom stereocenters. The SMILES string of the molecule is CCNCCN(CC)Cc1ccc(Cl)cc1. The van der Waals surface area contributed by atoms with Gasteiger partial charge in [-0.25, -0.2) is 0 Å².